The molecule has 0 N–H and O–H groups in total. The van der Waals surface area contributed by atoms with Gasteiger partial charge in [-0.05, 0) is 12.1 Å². The normalized spacial score (nSPS) is 14.0. The van der Waals surface area contributed by atoms with Crippen LogP contribution in [0.3, 0.4) is 0 Å². The standard InChI is InChI=1S/C23H30N4O6/c1-24(2)19-8-7-17(27(29)30)14-18(19)23(28)26-12-10-25(11-13-26)15-16-6-9-20(31-3)22(33-5)21(16)32-4/h6-9,14H,10-13,15H2,1-5H3. The van der Waals surface area contributed by atoms with Crippen molar-refractivity contribution in [3.63, 3.8) is 0 Å². The number of ether oxygens (including phenoxy) is 3. The van der Waals surface area contributed by atoms with Crippen molar-refractivity contribution in [2.45, 2.75) is 6.54 Å². The van der Waals surface area contributed by atoms with Crippen LogP contribution in [0.15, 0.2) is 30.3 Å². The summed E-state index contributed by atoms with van der Waals surface area (Å²) in [6.07, 6.45) is 0. The predicted molar refractivity (Wildman–Crippen MR) is 125 cm³/mol. The zero-order valence-electron chi connectivity index (χ0n) is 19.7. The summed E-state index contributed by atoms with van der Waals surface area (Å²) in [7, 11) is 8.37. The van der Waals surface area contributed by atoms with Gasteiger partial charge < -0.3 is 24.0 Å². The van der Waals surface area contributed by atoms with E-state index in [-0.39, 0.29) is 11.6 Å². The maximum atomic E-state index is 13.2. The number of nitro benzene ring substituents is 1. The summed E-state index contributed by atoms with van der Waals surface area (Å²) < 4.78 is 16.4. The van der Waals surface area contributed by atoms with Gasteiger partial charge in [0.05, 0.1) is 31.8 Å². The molecule has 2 aromatic carbocycles. The average Bonchev–Trinajstić information content (AvgIpc) is 2.83. The maximum Gasteiger partial charge on any atom is 0.270 e. The number of non-ortho nitro benzene ring substituents is 1. The number of methoxy groups -OCH3 is 3. The van der Waals surface area contributed by atoms with Crippen molar-refractivity contribution in [2.24, 2.45) is 0 Å². The lowest BCUT2D eigenvalue weighted by Gasteiger charge is -2.35. The number of amides is 1. The number of carbonyl (C=O) groups is 1. The van der Waals surface area contributed by atoms with E-state index in [1.807, 2.05) is 26.2 Å². The summed E-state index contributed by atoms with van der Waals surface area (Å²) in [5.74, 6) is 1.57. The lowest BCUT2D eigenvalue weighted by Crippen LogP contribution is -2.48. The summed E-state index contributed by atoms with van der Waals surface area (Å²) in [6, 6.07) is 8.19. The highest BCUT2D eigenvalue weighted by Gasteiger charge is 2.27. The van der Waals surface area contributed by atoms with E-state index in [2.05, 4.69) is 4.90 Å². The molecule has 0 unspecified atom stereocenters. The number of rotatable bonds is 8. The number of benzene rings is 2. The van der Waals surface area contributed by atoms with E-state index in [0.29, 0.717) is 61.2 Å². The van der Waals surface area contributed by atoms with Gasteiger partial charge in [-0.3, -0.25) is 19.8 Å². The number of carbonyl (C=O) groups excluding carboxylic acids is 1. The molecular formula is C23H30N4O6. The molecule has 33 heavy (non-hydrogen) atoms. The Hall–Kier alpha value is -3.53. The molecule has 1 heterocycles. The van der Waals surface area contributed by atoms with Crippen molar-refractivity contribution in [3.05, 3.63) is 51.6 Å². The molecule has 0 spiro atoms. The molecule has 1 aliphatic rings. The van der Waals surface area contributed by atoms with E-state index < -0.39 is 4.92 Å². The zero-order chi connectivity index (χ0) is 24.1. The first-order chi connectivity index (χ1) is 15.8. The third-order valence-electron chi connectivity index (χ3n) is 5.74. The molecular weight excluding hydrogens is 428 g/mol. The van der Waals surface area contributed by atoms with Crippen LogP contribution in [0.2, 0.25) is 0 Å². The van der Waals surface area contributed by atoms with E-state index in [9.17, 15) is 14.9 Å². The van der Waals surface area contributed by atoms with Crippen LogP contribution in [0.25, 0.3) is 0 Å². The van der Waals surface area contributed by atoms with Crippen molar-refractivity contribution < 1.29 is 23.9 Å². The fourth-order valence-corrected chi connectivity index (χ4v) is 4.01. The van der Waals surface area contributed by atoms with Crippen LogP contribution < -0.4 is 19.1 Å². The Bertz CT molecular complexity index is 1020. The van der Waals surface area contributed by atoms with Gasteiger partial charge >= 0.3 is 0 Å². The van der Waals surface area contributed by atoms with Gasteiger partial charge in [-0.1, -0.05) is 6.07 Å². The fourth-order valence-electron chi connectivity index (χ4n) is 4.01. The second kappa shape index (κ2) is 10.4. The molecule has 0 atom stereocenters. The van der Waals surface area contributed by atoms with Crippen LogP contribution >= 0.6 is 0 Å². The van der Waals surface area contributed by atoms with Crippen LogP contribution in [0.1, 0.15) is 15.9 Å². The number of nitro groups is 1. The van der Waals surface area contributed by atoms with Gasteiger partial charge in [0.1, 0.15) is 0 Å². The number of piperazine rings is 1. The quantitative estimate of drug-likeness (QED) is 0.440. The predicted octanol–water partition coefficient (Wildman–Crippen LogP) is 2.64. The van der Waals surface area contributed by atoms with Crippen molar-refractivity contribution in [1.82, 2.24) is 9.80 Å². The van der Waals surface area contributed by atoms with Gasteiger partial charge in [0.2, 0.25) is 5.75 Å². The van der Waals surface area contributed by atoms with Crippen LogP contribution in [0.4, 0.5) is 11.4 Å². The molecule has 1 amide bonds. The fraction of sp³-hybridized carbons (Fsp3) is 0.435. The Balaban J connectivity index is 1.73. The Morgan fingerprint density at radius 1 is 1.00 bits per heavy atom. The third-order valence-corrected chi connectivity index (χ3v) is 5.74. The molecule has 10 heteroatoms. The summed E-state index contributed by atoms with van der Waals surface area (Å²) in [4.78, 5) is 29.7. The van der Waals surface area contributed by atoms with Gasteiger partial charge in [0.25, 0.3) is 11.6 Å². The second-order valence-corrected chi connectivity index (χ2v) is 7.91. The SMILES string of the molecule is COc1ccc(CN2CCN(C(=O)c3cc([N+](=O)[O-])ccc3N(C)C)CC2)c(OC)c1OC. The molecule has 0 saturated carbocycles. The number of nitrogens with zero attached hydrogens (tertiary/aromatic N) is 4. The van der Waals surface area contributed by atoms with Gasteiger partial charge in [-0.15, -0.1) is 0 Å². The van der Waals surface area contributed by atoms with Crippen molar-refractivity contribution >= 4 is 17.3 Å². The molecule has 1 fully saturated rings. The molecule has 0 radical (unpaired) electrons. The summed E-state index contributed by atoms with van der Waals surface area (Å²) >= 11 is 0. The zero-order valence-corrected chi connectivity index (χ0v) is 19.7. The van der Waals surface area contributed by atoms with Gasteiger partial charge in [0, 0.05) is 70.2 Å². The van der Waals surface area contributed by atoms with Crippen LogP contribution in [-0.2, 0) is 6.54 Å². The summed E-state index contributed by atoms with van der Waals surface area (Å²) in [5, 5.41) is 11.2. The van der Waals surface area contributed by atoms with Crippen molar-refractivity contribution in [2.75, 3.05) is 66.5 Å². The lowest BCUT2D eigenvalue weighted by atomic mass is 10.1. The van der Waals surface area contributed by atoms with Gasteiger partial charge in [-0.2, -0.15) is 0 Å². The van der Waals surface area contributed by atoms with E-state index in [4.69, 9.17) is 14.2 Å². The first kappa shape index (κ1) is 24.1. The first-order valence-electron chi connectivity index (χ1n) is 10.6. The number of anilines is 1. The molecule has 3 rings (SSSR count). The van der Waals surface area contributed by atoms with Crippen molar-refractivity contribution in [3.8, 4) is 17.2 Å². The van der Waals surface area contributed by atoms with Gasteiger partial charge in [0.15, 0.2) is 11.5 Å². The van der Waals surface area contributed by atoms with Crippen molar-refractivity contribution in [1.29, 1.82) is 0 Å². The Kier molecular flexibility index (Phi) is 7.59. The molecule has 178 valence electrons. The number of hydrogen-bond donors (Lipinski definition) is 0. The number of hydrogen-bond acceptors (Lipinski definition) is 8. The topological polar surface area (TPSA) is 97.6 Å². The monoisotopic (exact) mass is 458 g/mol. The molecule has 2 aromatic rings. The molecule has 0 aromatic heterocycles. The first-order valence-corrected chi connectivity index (χ1v) is 10.6. The maximum absolute atomic E-state index is 13.2. The Morgan fingerprint density at radius 3 is 2.21 bits per heavy atom. The minimum Gasteiger partial charge on any atom is -0.493 e. The van der Waals surface area contributed by atoms with E-state index in [1.54, 1.807) is 37.2 Å². The highest BCUT2D eigenvalue weighted by molar-refractivity contribution is 6.00. The van der Waals surface area contributed by atoms with E-state index in [1.165, 1.54) is 12.1 Å². The third kappa shape index (κ3) is 5.11. The molecule has 1 aliphatic heterocycles. The lowest BCUT2D eigenvalue weighted by molar-refractivity contribution is -0.384. The van der Waals surface area contributed by atoms with E-state index in [0.717, 1.165) is 5.56 Å². The molecule has 10 nitrogen and oxygen atoms in total. The highest BCUT2D eigenvalue weighted by Crippen LogP contribution is 2.40. The largest absolute Gasteiger partial charge is 0.493 e. The minimum absolute atomic E-state index is 0.0943. The smallest absolute Gasteiger partial charge is 0.270 e. The summed E-state index contributed by atoms with van der Waals surface area (Å²) in [5.41, 5.74) is 1.86. The minimum atomic E-state index is -0.481. The van der Waals surface area contributed by atoms with Crippen LogP contribution in [0, 0.1) is 10.1 Å². The van der Waals surface area contributed by atoms with Crippen LogP contribution in [-0.4, -0.2) is 82.2 Å². The molecule has 0 aliphatic carbocycles. The second-order valence-electron chi connectivity index (χ2n) is 7.91. The Morgan fingerprint density at radius 2 is 1.67 bits per heavy atom. The highest BCUT2D eigenvalue weighted by atomic mass is 16.6. The van der Waals surface area contributed by atoms with Crippen LogP contribution in [0.5, 0.6) is 17.2 Å². The van der Waals surface area contributed by atoms with E-state index >= 15 is 0 Å². The molecule has 0 bridgehead atoms. The average molecular weight is 459 g/mol. The van der Waals surface area contributed by atoms with Gasteiger partial charge in [-0.25, -0.2) is 0 Å². The summed E-state index contributed by atoms with van der Waals surface area (Å²) in [6.45, 7) is 2.99. The Labute approximate surface area is 193 Å². The molecule has 1 saturated heterocycles.